The van der Waals surface area contributed by atoms with Crippen molar-refractivity contribution in [2.24, 2.45) is 0 Å². The number of benzene rings is 1. The zero-order valence-electron chi connectivity index (χ0n) is 14.0. The molecule has 1 aromatic heterocycles. The van der Waals surface area contributed by atoms with Gasteiger partial charge in [0.25, 0.3) is 0 Å². The van der Waals surface area contributed by atoms with Crippen LogP contribution in [0.2, 0.25) is 5.22 Å². The van der Waals surface area contributed by atoms with Crippen molar-refractivity contribution in [3.05, 3.63) is 51.9 Å². The molecule has 0 spiro atoms. The van der Waals surface area contributed by atoms with Gasteiger partial charge in [-0.1, -0.05) is 29.4 Å². The molecule has 0 saturated carbocycles. The zero-order valence-corrected chi connectivity index (χ0v) is 14.8. The van der Waals surface area contributed by atoms with Gasteiger partial charge in [-0.3, -0.25) is 9.59 Å². The second-order valence-electron chi connectivity index (χ2n) is 6.21. The van der Waals surface area contributed by atoms with Crippen molar-refractivity contribution in [2.75, 3.05) is 6.54 Å². The lowest BCUT2D eigenvalue weighted by molar-refractivity contribution is -0.128. The van der Waals surface area contributed by atoms with Gasteiger partial charge in [-0.05, 0) is 36.1 Å². The van der Waals surface area contributed by atoms with Crippen LogP contribution in [-0.2, 0) is 29.1 Å². The average molecular weight is 362 g/mol. The van der Waals surface area contributed by atoms with Crippen molar-refractivity contribution in [1.82, 2.24) is 15.4 Å². The molecular formula is C18H20ClN3O3. The van der Waals surface area contributed by atoms with Gasteiger partial charge in [-0.15, -0.1) is 0 Å². The third kappa shape index (κ3) is 4.39. The highest BCUT2D eigenvalue weighted by Crippen LogP contribution is 2.19. The van der Waals surface area contributed by atoms with Crippen molar-refractivity contribution < 1.29 is 14.1 Å². The van der Waals surface area contributed by atoms with E-state index in [-0.39, 0.29) is 23.5 Å². The Morgan fingerprint density at radius 2 is 2.04 bits per heavy atom. The molecular weight excluding hydrogens is 342 g/mol. The third-order valence-corrected chi connectivity index (χ3v) is 4.63. The molecule has 0 bridgehead atoms. The van der Waals surface area contributed by atoms with Gasteiger partial charge in [0.1, 0.15) is 0 Å². The Bertz CT molecular complexity index is 751. The summed E-state index contributed by atoms with van der Waals surface area (Å²) in [6.45, 7) is 3.67. The van der Waals surface area contributed by atoms with Crippen LogP contribution < -0.4 is 5.32 Å². The number of nitrogens with zero attached hydrogens (tertiary/aromatic N) is 2. The van der Waals surface area contributed by atoms with Crippen LogP contribution in [0.5, 0.6) is 0 Å². The van der Waals surface area contributed by atoms with Crippen LogP contribution in [0.3, 0.4) is 0 Å². The fraction of sp³-hybridized carbons (Fsp3) is 0.389. The van der Waals surface area contributed by atoms with Gasteiger partial charge in [0, 0.05) is 31.6 Å². The first-order valence-electron chi connectivity index (χ1n) is 8.26. The SMILES string of the molecule is Cc1noc(Cl)c1CC(=O)NCc1ccc(CN2CCCC2=O)cc1. The van der Waals surface area contributed by atoms with E-state index in [2.05, 4.69) is 10.5 Å². The number of carbonyl (C=O) groups is 2. The highest BCUT2D eigenvalue weighted by Gasteiger charge is 2.19. The lowest BCUT2D eigenvalue weighted by Gasteiger charge is -2.15. The second kappa shape index (κ2) is 7.70. The fourth-order valence-electron chi connectivity index (χ4n) is 2.84. The highest BCUT2D eigenvalue weighted by atomic mass is 35.5. The summed E-state index contributed by atoms with van der Waals surface area (Å²) in [5.41, 5.74) is 3.33. The normalized spacial score (nSPS) is 14.2. The standard InChI is InChI=1S/C18H20ClN3O3/c1-12-15(18(19)25-21-12)9-16(23)20-10-13-4-6-14(7-5-13)11-22-8-2-3-17(22)24/h4-7H,2-3,8-11H2,1H3,(H,20,23). The lowest BCUT2D eigenvalue weighted by Crippen LogP contribution is -2.25. The van der Waals surface area contributed by atoms with E-state index in [0.717, 1.165) is 24.1 Å². The summed E-state index contributed by atoms with van der Waals surface area (Å²) in [7, 11) is 0. The molecule has 132 valence electrons. The number of aryl methyl sites for hydroxylation is 1. The summed E-state index contributed by atoms with van der Waals surface area (Å²) in [5.74, 6) is 0.0824. The molecule has 25 heavy (non-hydrogen) atoms. The third-order valence-electron chi connectivity index (χ3n) is 4.33. The largest absolute Gasteiger partial charge is 0.352 e. The van der Waals surface area contributed by atoms with Crippen LogP contribution in [0.1, 0.15) is 35.2 Å². The number of likely N-dealkylation sites (tertiary alicyclic amines) is 1. The molecule has 1 aliphatic rings. The summed E-state index contributed by atoms with van der Waals surface area (Å²) in [6.07, 6.45) is 1.74. The summed E-state index contributed by atoms with van der Waals surface area (Å²) in [4.78, 5) is 25.6. The topological polar surface area (TPSA) is 75.4 Å². The minimum absolute atomic E-state index is 0.139. The number of hydrogen-bond acceptors (Lipinski definition) is 4. The number of nitrogens with one attached hydrogen (secondary N) is 1. The van der Waals surface area contributed by atoms with E-state index in [1.165, 1.54) is 0 Å². The summed E-state index contributed by atoms with van der Waals surface area (Å²) < 4.78 is 4.84. The van der Waals surface area contributed by atoms with Crippen molar-refractivity contribution in [3.8, 4) is 0 Å². The maximum absolute atomic E-state index is 12.0. The Hall–Kier alpha value is -2.34. The van der Waals surface area contributed by atoms with Crippen LogP contribution in [0.4, 0.5) is 0 Å². The number of rotatable bonds is 6. The summed E-state index contributed by atoms with van der Waals surface area (Å²) in [5, 5.41) is 6.75. The van der Waals surface area contributed by atoms with Crippen molar-refractivity contribution in [3.63, 3.8) is 0 Å². The minimum atomic E-state index is -0.139. The number of hydrogen-bond donors (Lipinski definition) is 1. The Labute approximate surface area is 151 Å². The van der Waals surface area contributed by atoms with E-state index >= 15 is 0 Å². The van der Waals surface area contributed by atoms with Crippen LogP contribution in [0.15, 0.2) is 28.8 Å². The Balaban J connectivity index is 1.50. The monoisotopic (exact) mass is 361 g/mol. The smallest absolute Gasteiger partial charge is 0.229 e. The predicted octanol–water partition coefficient (Wildman–Crippen LogP) is 2.62. The van der Waals surface area contributed by atoms with Gasteiger partial charge >= 0.3 is 0 Å². The predicted molar refractivity (Wildman–Crippen MR) is 92.9 cm³/mol. The van der Waals surface area contributed by atoms with Gasteiger partial charge in [0.2, 0.25) is 17.0 Å². The lowest BCUT2D eigenvalue weighted by atomic mass is 10.1. The van der Waals surface area contributed by atoms with Gasteiger partial charge in [0.15, 0.2) is 0 Å². The molecule has 1 aliphatic heterocycles. The van der Waals surface area contributed by atoms with Gasteiger partial charge in [-0.25, -0.2) is 0 Å². The number of aromatic nitrogens is 1. The van der Waals surface area contributed by atoms with E-state index in [0.29, 0.717) is 30.8 Å². The number of carbonyl (C=O) groups excluding carboxylic acids is 2. The van der Waals surface area contributed by atoms with E-state index in [1.54, 1.807) is 6.92 Å². The first-order chi connectivity index (χ1) is 12.0. The molecule has 1 N–H and O–H groups in total. The summed E-state index contributed by atoms with van der Waals surface area (Å²) in [6, 6.07) is 7.92. The highest BCUT2D eigenvalue weighted by molar-refractivity contribution is 6.29. The maximum atomic E-state index is 12.0. The molecule has 3 rings (SSSR count). The molecule has 6 nitrogen and oxygen atoms in total. The van der Waals surface area contributed by atoms with Gasteiger partial charge in [0.05, 0.1) is 12.1 Å². The number of amides is 2. The van der Waals surface area contributed by atoms with Crippen molar-refractivity contribution in [2.45, 2.75) is 39.3 Å². The van der Waals surface area contributed by atoms with Crippen LogP contribution in [0.25, 0.3) is 0 Å². The van der Waals surface area contributed by atoms with E-state index < -0.39 is 0 Å². The molecule has 2 aromatic rings. The molecule has 7 heteroatoms. The van der Waals surface area contributed by atoms with E-state index in [9.17, 15) is 9.59 Å². The Morgan fingerprint density at radius 1 is 1.32 bits per heavy atom. The number of halogens is 1. The van der Waals surface area contributed by atoms with Crippen LogP contribution >= 0.6 is 11.6 Å². The molecule has 2 amide bonds. The molecule has 1 aromatic carbocycles. The Morgan fingerprint density at radius 3 is 2.64 bits per heavy atom. The van der Waals surface area contributed by atoms with Gasteiger partial charge in [-0.2, -0.15) is 0 Å². The molecule has 0 radical (unpaired) electrons. The van der Waals surface area contributed by atoms with E-state index in [4.69, 9.17) is 16.1 Å². The molecule has 1 fully saturated rings. The minimum Gasteiger partial charge on any atom is -0.352 e. The fourth-order valence-corrected chi connectivity index (χ4v) is 3.07. The zero-order chi connectivity index (χ0) is 17.8. The average Bonchev–Trinajstić information content (AvgIpc) is 3.14. The molecule has 0 unspecified atom stereocenters. The van der Waals surface area contributed by atoms with Crippen LogP contribution in [0, 0.1) is 6.92 Å². The molecule has 1 saturated heterocycles. The Kier molecular flexibility index (Phi) is 5.38. The first kappa shape index (κ1) is 17.5. The molecule has 0 aliphatic carbocycles. The summed E-state index contributed by atoms with van der Waals surface area (Å²) >= 11 is 5.87. The second-order valence-corrected chi connectivity index (χ2v) is 6.55. The van der Waals surface area contributed by atoms with Crippen molar-refractivity contribution >= 4 is 23.4 Å². The molecule has 2 heterocycles. The molecule has 0 atom stereocenters. The van der Waals surface area contributed by atoms with E-state index in [1.807, 2.05) is 29.2 Å². The van der Waals surface area contributed by atoms with Crippen molar-refractivity contribution in [1.29, 1.82) is 0 Å². The quantitative estimate of drug-likeness (QED) is 0.858. The van der Waals surface area contributed by atoms with Crippen LogP contribution in [-0.4, -0.2) is 28.4 Å². The van der Waals surface area contributed by atoms with Gasteiger partial charge < -0.3 is 14.7 Å². The first-order valence-corrected chi connectivity index (χ1v) is 8.63. The maximum Gasteiger partial charge on any atom is 0.229 e.